The van der Waals surface area contributed by atoms with Crippen molar-refractivity contribution in [2.24, 2.45) is 0 Å². The molecular formula is C18H16Cl2N2OS. The summed E-state index contributed by atoms with van der Waals surface area (Å²) in [5.74, 6) is 0.697. The third-order valence-corrected chi connectivity index (χ3v) is 5.10. The zero-order valence-corrected chi connectivity index (χ0v) is 15.5. The van der Waals surface area contributed by atoms with Crippen LogP contribution in [0.25, 0.3) is 10.9 Å². The van der Waals surface area contributed by atoms with Crippen LogP contribution in [0.1, 0.15) is 18.9 Å². The van der Waals surface area contributed by atoms with Gasteiger partial charge in [0.15, 0.2) is 5.16 Å². The Kier molecular flexibility index (Phi) is 5.49. The molecule has 0 saturated heterocycles. The average molecular weight is 379 g/mol. The Morgan fingerprint density at radius 1 is 1.12 bits per heavy atom. The molecule has 0 aliphatic carbocycles. The summed E-state index contributed by atoms with van der Waals surface area (Å²) >= 11 is 13.6. The number of hydrogen-bond acceptors (Lipinski definition) is 3. The molecule has 124 valence electrons. The van der Waals surface area contributed by atoms with E-state index in [1.54, 1.807) is 22.8 Å². The lowest BCUT2D eigenvalue weighted by Gasteiger charge is -2.12. The van der Waals surface area contributed by atoms with Crippen molar-refractivity contribution in [3.63, 3.8) is 0 Å². The van der Waals surface area contributed by atoms with Gasteiger partial charge < -0.3 is 0 Å². The van der Waals surface area contributed by atoms with Crippen LogP contribution in [0.15, 0.2) is 52.4 Å². The van der Waals surface area contributed by atoms with Crippen LogP contribution in [-0.4, -0.2) is 9.55 Å². The van der Waals surface area contributed by atoms with Crippen LogP contribution in [0.3, 0.4) is 0 Å². The van der Waals surface area contributed by atoms with Crippen molar-refractivity contribution in [2.75, 3.05) is 0 Å². The first kappa shape index (κ1) is 17.3. The van der Waals surface area contributed by atoms with Crippen LogP contribution >= 0.6 is 35.0 Å². The fourth-order valence-electron chi connectivity index (χ4n) is 2.48. The highest BCUT2D eigenvalue weighted by molar-refractivity contribution is 7.98. The number of rotatable bonds is 5. The maximum atomic E-state index is 12.8. The van der Waals surface area contributed by atoms with Gasteiger partial charge in [0.25, 0.3) is 5.56 Å². The minimum atomic E-state index is -0.0212. The average Bonchev–Trinajstić information content (AvgIpc) is 2.56. The summed E-state index contributed by atoms with van der Waals surface area (Å²) in [7, 11) is 0. The fraction of sp³-hybridized carbons (Fsp3) is 0.222. The van der Waals surface area contributed by atoms with Crippen molar-refractivity contribution in [1.29, 1.82) is 0 Å². The van der Waals surface area contributed by atoms with E-state index in [1.165, 1.54) is 11.8 Å². The van der Waals surface area contributed by atoms with E-state index in [9.17, 15) is 4.79 Å². The summed E-state index contributed by atoms with van der Waals surface area (Å²) in [6, 6.07) is 12.9. The summed E-state index contributed by atoms with van der Waals surface area (Å²) in [6.07, 6.45) is 0.866. The molecule has 0 bridgehead atoms. The lowest BCUT2D eigenvalue weighted by Crippen LogP contribution is -2.23. The van der Waals surface area contributed by atoms with E-state index in [2.05, 4.69) is 4.98 Å². The Hall–Kier alpha value is -1.49. The quantitative estimate of drug-likeness (QED) is 0.439. The van der Waals surface area contributed by atoms with Gasteiger partial charge in [-0.1, -0.05) is 54.0 Å². The molecule has 0 atom stereocenters. The standard InChI is InChI=1S/C18H16Cl2N2OS/c1-2-8-22-17(23)15-7-6-14(20)10-16(15)21-18(22)24-11-12-4-3-5-13(19)9-12/h3-7,9-10H,2,8,11H2,1H3. The number of fused-ring (bicyclic) bond motifs is 1. The number of nitrogens with zero attached hydrogens (tertiary/aromatic N) is 2. The normalized spacial score (nSPS) is 11.1. The van der Waals surface area contributed by atoms with E-state index in [0.717, 1.165) is 12.0 Å². The highest BCUT2D eigenvalue weighted by Crippen LogP contribution is 2.24. The topological polar surface area (TPSA) is 34.9 Å². The molecule has 3 aromatic rings. The molecule has 0 spiro atoms. The Labute approximate surface area is 154 Å². The number of thioether (sulfide) groups is 1. The third kappa shape index (κ3) is 3.77. The van der Waals surface area contributed by atoms with Crippen molar-refractivity contribution in [1.82, 2.24) is 9.55 Å². The van der Waals surface area contributed by atoms with Gasteiger partial charge in [-0.2, -0.15) is 0 Å². The number of halogens is 2. The van der Waals surface area contributed by atoms with Crippen molar-refractivity contribution >= 4 is 45.9 Å². The van der Waals surface area contributed by atoms with E-state index in [1.807, 2.05) is 31.2 Å². The van der Waals surface area contributed by atoms with Gasteiger partial charge in [0.2, 0.25) is 0 Å². The molecule has 0 N–H and O–H groups in total. The predicted octanol–water partition coefficient (Wildman–Crippen LogP) is 5.41. The molecule has 0 aliphatic rings. The predicted molar refractivity (Wildman–Crippen MR) is 102 cm³/mol. The summed E-state index contributed by atoms with van der Waals surface area (Å²) < 4.78 is 1.74. The van der Waals surface area contributed by atoms with Gasteiger partial charge in [-0.05, 0) is 42.3 Å². The number of benzene rings is 2. The van der Waals surface area contributed by atoms with Crippen molar-refractivity contribution in [2.45, 2.75) is 30.8 Å². The molecular weight excluding hydrogens is 363 g/mol. The minimum absolute atomic E-state index is 0.0212. The Morgan fingerprint density at radius 2 is 1.92 bits per heavy atom. The molecule has 0 fully saturated rings. The SMILES string of the molecule is CCCn1c(SCc2cccc(Cl)c2)nc2cc(Cl)ccc2c1=O. The van der Waals surface area contributed by atoms with Crippen LogP contribution in [0, 0.1) is 0 Å². The van der Waals surface area contributed by atoms with Crippen LogP contribution in [0.2, 0.25) is 10.0 Å². The van der Waals surface area contributed by atoms with E-state index in [0.29, 0.717) is 38.4 Å². The van der Waals surface area contributed by atoms with Crippen LogP contribution in [0.5, 0.6) is 0 Å². The van der Waals surface area contributed by atoms with Gasteiger partial charge in [0.1, 0.15) is 0 Å². The minimum Gasteiger partial charge on any atom is -0.287 e. The summed E-state index contributed by atoms with van der Waals surface area (Å²) in [4.78, 5) is 17.4. The second kappa shape index (κ2) is 7.60. The molecule has 3 nitrogen and oxygen atoms in total. The molecule has 2 aromatic carbocycles. The smallest absolute Gasteiger partial charge is 0.262 e. The third-order valence-electron chi connectivity index (χ3n) is 3.59. The monoisotopic (exact) mass is 378 g/mol. The van der Waals surface area contributed by atoms with E-state index in [-0.39, 0.29) is 5.56 Å². The first-order valence-corrected chi connectivity index (χ1v) is 9.40. The zero-order chi connectivity index (χ0) is 17.1. The van der Waals surface area contributed by atoms with Gasteiger partial charge in [-0.3, -0.25) is 9.36 Å². The van der Waals surface area contributed by atoms with Gasteiger partial charge in [0.05, 0.1) is 10.9 Å². The molecule has 0 unspecified atom stereocenters. The highest BCUT2D eigenvalue weighted by Gasteiger charge is 2.12. The van der Waals surface area contributed by atoms with E-state index < -0.39 is 0 Å². The van der Waals surface area contributed by atoms with Gasteiger partial charge in [0, 0.05) is 22.3 Å². The second-order valence-corrected chi connectivity index (χ2v) is 7.25. The second-order valence-electron chi connectivity index (χ2n) is 5.43. The first-order chi connectivity index (χ1) is 11.6. The zero-order valence-electron chi connectivity index (χ0n) is 13.1. The molecule has 1 heterocycles. The largest absolute Gasteiger partial charge is 0.287 e. The molecule has 6 heteroatoms. The van der Waals surface area contributed by atoms with Gasteiger partial charge in [-0.25, -0.2) is 4.98 Å². The molecule has 3 rings (SSSR count). The van der Waals surface area contributed by atoms with Crippen LogP contribution < -0.4 is 5.56 Å². The lowest BCUT2D eigenvalue weighted by molar-refractivity contribution is 0.585. The molecule has 0 amide bonds. The summed E-state index contributed by atoms with van der Waals surface area (Å²) in [5.41, 5.74) is 1.71. The maximum Gasteiger partial charge on any atom is 0.262 e. The highest BCUT2D eigenvalue weighted by atomic mass is 35.5. The first-order valence-electron chi connectivity index (χ1n) is 7.66. The van der Waals surface area contributed by atoms with E-state index >= 15 is 0 Å². The molecule has 0 saturated carbocycles. The van der Waals surface area contributed by atoms with Crippen LogP contribution in [0.4, 0.5) is 0 Å². The van der Waals surface area contributed by atoms with Crippen molar-refractivity contribution in [3.8, 4) is 0 Å². The Balaban J connectivity index is 2.01. The molecule has 1 aromatic heterocycles. The molecule has 0 aliphatic heterocycles. The van der Waals surface area contributed by atoms with Crippen molar-refractivity contribution < 1.29 is 0 Å². The van der Waals surface area contributed by atoms with Gasteiger partial charge >= 0.3 is 0 Å². The lowest BCUT2D eigenvalue weighted by atomic mass is 10.2. The maximum absolute atomic E-state index is 12.8. The summed E-state index contributed by atoms with van der Waals surface area (Å²) in [6.45, 7) is 2.69. The molecule has 0 radical (unpaired) electrons. The summed E-state index contributed by atoms with van der Waals surface area (Å²) in [5, 5.41) is 2.59. The van der Waals surface area contributed by atoms with E-state index in [4.69, 9.17) is 23.2 Å². The number of aromatic nitrogens is 2. The van der Waals surface area contributed by atoms with Crippen molar-refractivity contribution in [3.05, 3.63) is 68.4 Å². The Morgan fingerprint density at radius 3 is 2.67 bits per heavy atom. The number of hydrogen-bond donors (Lipinski definition) is 0. The van der Waals surface area contributed by atoms with Gasteiger partial charge in [-0.15, -0.1) is 0 Å². The fourth-order valence-corrected chi connectivity index (χ4v) is 3.83. The Bertz CT molecular complexity index is 940. The molecule has 24 heavy (non-hydrogen) atoms. The van der Waals surface area contributed by atoms with Crippen LogP contribution in [-0.2, 0) is 12.3 Å².